The molecule has 0 aliphatic heterocycles. The molecule has 0 atom stereocenters. The Kier molecular flexibility index (Phi) is 6.35. The zero-order chi connectivity index (χ0) is 8.43. The van der Waals surface area contributed by atoms with E-state index in [-0.39, 0.29) is 40.9 Å². The molecule has 0 heterocycles. The van der Waals surface area contributed by atoms with Crippen molar-refractivity contribution in [2.75, 3.05) is 0 Å². The van der Waals surface area contributed by atoms with Gasteiger partial charge in [0.1, 0.15) is 6.29 Å². The van der Waals surface area contributed by atoms with Gasteiger partial charge in [-0.05, 0) is 57.3 Å². The molecule has 0 aromatic heterocycles. The smallest absolute Gasteiger partial charge is 0.871 e. The molecule has 12 heavy (non-hydrogen) atoms. The fourth-order valence-electron chi connectivity index (χ4n) is 0.668. The minimum Gasteiger partial charge on any atom is -0.871 e. The van der Waals surface area contributed by atoms with E-state index >= 15 is 0 Å². The van der Waals surface area contributed by atoms with Gasteiger partial charge in [0.15, 0.2) is 0 Å². The minimum atomic E-state index is -0.180. The topological polar surface area (TPSA) is 40.1 Å². The van der Waals surface area contributed by atoms with Crippen molar-refractivity contribution in [3.63, 3.8) is 0 Å². The Morgan fingerprint density at radius 2 is 1.92 bits per heavy atom. The molecule has 0 spiro atoms. The van der Waals surface area contributed by atoms with Crippen molar-refractivity contribution in [3.05, 3.63) is 24.8 Å². The molecule has 0 fully saturated rings. The molecule has 1 aromatic rings. The van der Waals surface area contributed by atoms with Crippen molar-refractivity contribution in [1.82, 2.24) is 0 Å². The van der Waals surface area contributed by atoms with Crippen molar-refractivity contribution in [1.29, 1.82) is 0 Å². The third-order valence-corrected chi connectivity index (χ3v) is 2.59. The quantitative estimate of drug-likeness (QED) is 0.340. The summed E-state index contributed by atoms with van der Waals surface area (Å²) < 4.78 is 1.50. The third-order valence-electron chi connectivity index (χ3n) is 1.16. The molecule has 0 unspecified atom stereocenters. The molecule has 0 saturated heterocycles. The average Bonchev–Trinajstić information content (AvgIpc) is 1.96. The Balaban J connectivity index is 0.00000121. The summed E-state index contributed by atoms with van der Waals surface area (Å²) in [6.07, 6.45) is 0.590. The monoisotopic (exact) mass is 396 g/mol. The molecule has 2 nitrogen and oxygen atoms in total. The van der Waals surface area contributed by atoms with Crippen LogP contribution in [0.5, 0.6) is 5.75 Å². The maximum atomic E-state index is 11.1. The van der Waals surface area contributed by atoms with E-state index in [0.717, 1.165) is 3.57 Å². The van der Waals surface area contributed by atoms with E-state index in [1.165, 1.54) is 0 Å². The molecular weight excluding hydrogens is 393 g/mol. The van der Waals surface area contributed by atoms with Gasteiger partial charge in [0.2, 0.25) is 0 Å². The van der Waals surface area contributed by atoms with Crippen LogP contribution < -0.4 is 34.7 Å². The molecular formula is C7H3I2NaO2. The molecule has 58 valence electrons. The van der Waals surface area contributed by atoms with Crippen molar-refractivity contribution in [3.8, 4) is 5.75 Å². The number of halogens is 2. The van der Waals surface area contributed by atoms with Gasteiger partial charge in [-0.15, -0.1) is 0 Å². The molecule has 5 heteroatoms. The Morgan fingerprint density at radius 1 is 1.33 bits per heavy atom. The summed E-state index contributed by atoms with van der Waals surface area (Å²) in [5.74, 6) is -0.180. The molecule has 0 bridgehead atoms. The summed E-state index contributed by atoms with van der Waals surface area (Å²) in [6.45, 7) is 0. The van der Waals surface area contributed by atoms with E-state index in [2.05, 4.69) is 22.6 Å². The Labute approximate surface area is 120 Å². The molecule has 0 amide bonds. The molecule has 0 N–H and O–H groups in total. The first-order valence-corrected chi connectivity index (χ1v) is 4.92. The zero-order valence-electron chi connectivity index (χ0n) is 6.30. The second kappa shape index (κ2) is 5.79. The van der Waals surface area contributed by atoms with E-state index in [4.69, 9.17) is 0 Å². The summed E-state index contributed by atoms with van der Waals surface area (Å²) in [6, 6.07) is 3.33. The molecule has 1 aromatic carbocycles. The van der Waals surface area contributed by atoms with Crippen molar-refractivity contribution in [2.45, 2.75) is 0 Å². The van der Waals surface area contributed by atoms with Crippen molar-refractivity contribution in [2.24, 2.45) is 0 Å². The van der Waals surface area contributed by atoms with Gasteiger partial charge in [0.05, 0.1) is 0 Å². The number of hydrogen-bond donors (Lipinski definition) is 0. The average molecular weight is 396 g/mol. The van der Waals surface area contributed by atoms with E-state index in [0.29, 0.717) is 9.86 Å². The summed E-state index contributed by atoms with van der Waals surface area (Å²) in [4.78, 5) is 10.3. The van der Waals surface area contributed by atoms with Crippen LogP contribution in [-0.4, -0.2) is 6.29 Å². The summed E-state index contributed by atoms with van der Waals surface area (Å²) in [7, 11) is 0. The van der Waals surface area contributed by atoms with Crippen LogP contribution in [0.3, 0.4) is 0 Å². The maximum absolute atomic E-state index is 11.1. The number of carbonyl (C=O) groups excluding carboxylic acids is 1. The predicted octanol–water partition coefficient (Wildman–Crippen LogP) is -1.21. The standard InChI is InChI=1S/C7H4I2O2.Na/c8-5-1-4(3-10)7(11)6(9)2-5;/h1-3,11H;/q;+1/p-1. The molecule has 1 rings (SSSR count). The zero-order valence-corrected chi connectivity index (χ0v) is 12.6. The van der Waals surface area contributed by atoms with E-state index in [1.807, 2.05) is 22.6 Å². The largest absolute Gasteiger partial charge is 1.00 e. The fourth-order valence-corrected chi connectivity index (χ4v) is 2.56. The molecule has 0 aliphatic carbocycles. The van der Waals surface area contributed by atoms with Crippen LogP contribution in [0.15, 0.2) is 12.1 Å². The van der Waals surface area contributed by atoms with Crippen LogP contribution in [0.25, 0.3) is 0 Å². The number of hydrogen-bond acceptors (Lipinski definition) is 2. The Morgan fingerprint density at radius 3 is 2.42 bits per heavy atom. The van der Waals surface area contributed by atoms with E-state index in [1.54, 1.807) is 12.1 Å². The summed E-state index contributed by atoms with van der Waals surface area (Å²) >= 11 is 3.99. The second-order valence-corrected chi connectivity index (χ2v) is 4.33. The van der Waals surface area contributed by atoms with Gasteiger partial charge in [-0.1, -0.05) is 5.75 Å². The normalized spacial score (nSPS) is 8.83. The van der Waals surface area contributed by atoms with Gasteiger partial charge in [-0.25, -0.2) is 0 Å². The van der Waals surface area contributed by atoms with Gasteiger partial charge in [-0.2, -0.15) is 0 Å². The number of rotatable bonds is 1. The molecule has 0 aliphatic rings. The van der Waals surface area contributed by atoms with Crippen LogP contribution in [0, 0.1) is 7.14 Å². The van der Waals surface area contributed by atoms with Crippen molar-refractivity contribution >= 4 is 51.5 Å². The number of aldehydes is 1. The maximum Gasteiger partial charge on any atom is 1.00 e. The van der Waals surface area contributed by atoms with Crippen LogP contribution >= 0.6 is 45.2 Å². The van der Waals surface area contributed by atoms with Crippen LogP contribution in [-0.2, 0) is 0 Å². The molecule has 0 saturated carbocycles. The molecule has 0 radical (unpaired) electrons. The first kappa shape index (κ1) is 13.2. The second-order valence-electron chi connectivity index (χ2n) is 1.92. The Hall–Kier alpha value is 1.15. The fraction of sp³-hybridized carbons (Fsp3) is 0. The minimum absolute atomic E-state index is 0. The van der Waals surface area contributed by atoms with Gasteiger partial charge in [0, 0.05) is 12.7 Å². The summed E-state index contributed by atoms with van der Waals surface area (Å²) in [5, 5.41) is 11.1. The summed E-state index contributed by atoms with van der Waals surface area (Å²) in [5.41, 5.74) is 0.237. The van der Waals surface area contributed by atoms with Gasteiger partial charge >= 0.3 is 29.6 Å². The third kappa shape index (κ3) is 3.13. The predicted molar refractivity (Wildman–Crippen MR) is 56.7 cm³/mol. The van der Waals surface area contributed by atoms with Gasteiger partial charge in [-0.3, -0.25) is 4.79 Å². The van der Waals surface area contributed by atoms with E-state index in [9.17, 15) is 9.90 Å². The van der Waals surface area contributed by atoms with Gasteiger partial charge in [0.25, 0.3) is 0 Å². The van der Waals surface area contributed by atoms with Crippen LogP contribution in [0.2, 0.25) is 0 Å². The van der Waals surface area contributed by atoms with Crippen LogP contribution in [0.1, 0.15) is 10.4 Å². The van der Waals surface area contributed by atoms with Crippen molar-refractivity contribution < 1.29 is 39.5 Å². The van der Waals surface area contributed by atoms with Gasteiger partial charge < -0.3 is 5.11 Å². The van der Waals surface area contributed by atoms with Crippen LogP contribution in [0.4, 0.5) is 0 Å². The Bertz CT molecular complexity index is 302. The first-order chi connectivity index (χ1) is 5.15. The number of benzene rings is 1. The number of carbonyl (C=O) groups is 1. The van der Waals surface area contributed by atoms with E-state index < -0.39 is 0 Å². The first-order valence-electron chi connectivity index (χ1n) is 2.76. The SMILES string of the molecule is O=Cc1cc(I)cc(I)c1[O-].[Na+].